The largest absolute Gasteiger partial charge is 0.327 e. The topological polar surface area (TPSA) is 38.9 Å². The van der Waals surface area contributed by atoms with Crippen molar-refractivity contribution in [2.45, 2.75) is 45.6 Å². The Morgan fingerprint density at radius 1 is 1.35 bits per heavy atom. The van der Waals surface area contributed by atoms with E-state index in [1.807, 2.05) is 18.2 Å². The zero-order valence-corrected chi connectivity index (χ0v) is 13.8. The average Bonchev–Trinajstić information content (AvgIpc) is 2.78. The van der Waals surface area contributed by atoms with Gasteiger partial charge in [-0.15, -0.1) is 11.3 Å². The molecule has 1 saturated carbocycles. The van der Waals surface area contributed by atoms with Gasteiger partial charge in [0.2, 0.25) is 0 Å². The molecule has 1 heterocycles. The van der Waals surface area contributed by atoms with Crippen molar-refractivity contribution in [2.75, 3.05) is 0 Å². The van der Waals surface area contributed by atoms with E-state index >= 15 is 0 Å². The summed E-state index contributed by atoms with van der Waals surface area (Å²) in [6.07, 6.45) is 2.22. The van der Waals surface area contributed by atoms with Crippen LogP contribution in [0.2, 0.25) is 5.02 Å². The van der Waals surface area contributed by atoms with E-state index in [2.05, 4.69) is 20.8 Å². The summed E-state index contributed by atoms with van der Waals surface area (Å²) in [5.41, 5.74) is 7.51. The van der Waals surface area contributed by atoms with Crippen LogP contribution in [0.25, 0.3) is 10.2 Å². The molecule has 3 rings (SSSR count). The molecule has 0 radical (unpaired) electrons. The van der Waals surface area contributed by atoms with Gasteiger partial charge in [0.25, 0.3) is 0 Å². The third-order valence-electron chi connectivity index (χ3n) is 5.17. The summed E-state index contributed by atoms with van der Waals surface area (Å²) < 4.78 is 1.19. The summed E-state index contributed by atoms with van der Waals surface area (Å²) in [7, 11) is 0. The third kappa shape index (κ3) is 2.26. The van der Waals surface area contributed by atoms with Gasteiger partial charge in [0.15, 0.2) is 0 Å². The fraction of sp³-hybridized carbons (Fsp3) is 0.562. The van der Waals surface area contributed by atoms with Crippen LogP contribution in [0.5, 0.6) is 0 Å². The van der Waals surface area contributed by atoms with Gasteiger partial charge in [0.05, 0.1) is 15.2 Å². The third-order valence-corrected chi connectivity index (χ3v) is 6.53. The van der Waals surface area contributed by atoms with E-state index in [0.717, 1.165) is 23.4 Å². The minimum Gasteiger partial charge on any atom is -0.327 e. The van der Waals surface area contributed by atoms with E-state index in [9.17, 15) is 0 Å². The maximum absolute atomic E-state index is 6.25. The van der Waals surface area contributed by atoms with Gasteiger partial charge in [0.1, 0.15) is 0 Å². The lowest BCUT2D eigenvalue weighted by molar-refractivity contribution is 0.0993. The summed E-state index contributed by atoms with van der Waals surface area (Å²) in [6, 6.07) is 6.26. The molecule has 1 aliphatic rings. The molecule has 2 aromatic rings. The number of nitrogens with zero attached hydrogens (tertiary/aromatic N) is 1. The SMILES string of the molecule is CC1C(N)CCC(c2nc3ccc(Cl)cc3s2)C1(C)C. The minimum absolute atomic E-state index is 0.190. The first kappa shape index (κ1) is 14.3. The zero-order chi connectivity index (χ0) is 14.5. The van der Waals surface area contributed by atoms with Crippen molar-refractivity contribution in [3.05, 3.63) is 28.2 Å². The maximum Gasteiger partial charge on any atom is 0.0974 e. The normalized spacial score (nSPS) is 29.8. The van der Waals surface area contributed by atoms with Gasteiger partial charge in [-0.05, 0) is 42.4 Å². The van der Waals surface area contributed by atoms with E-state index < -0.39 is 0 Å². The number of rotatable bonds is 1. The van der Waals surface area contributed by atoms with Crippen molar-refractivity contribution in [2.24, 2.45) is 17.1 Å². The van der Waals surface area contributed by atoms with Crippen LogP contribution in [-0.4, -0.2) is 11.0 Å². The van der Waals surface area contributed by atoms with Crippen LogP contribution < -0.4 is 5.73 Å². The molecule has 0 aliphatic heterocycles. The lowest BCUT2D eigenvalue weighted by Gasteiger charge is -2.46. The van der Waals surface area contributed by atoms with Gasteiger partial charge < -0.3 is 5.73 Å². The molecular weight excluding hydrogens is 288 g/mol. The van der Waals surface area contributed by atoms with Crippen molar-refractivity contribution < 1.29 is 0 Å². The molecule has 0 amide bonds. The Balaban J connectivity index is 2.01. The molecule has 3 atom stereocenters. The van der Waals surface area contributed by atoms with E-state index in [-0.39, 0.29) is 5.41 Å². The van der Waals surface area contributed by atoms with Gasteiger partial charge in [-0.1, -0.05) is 32.4 Å². The van der Waals surface area contributed by atoms with Crippen LogP contribution >= 0.6 is 22.9 Å². The molecule has 2 nitrogen and oxygen atoms in total. The average molecular weight is 309 g/mol. The fourth-order valence-corrected chi connectivity index (χ4v) is 4.93. The van der Waals surface area contributed by atoms with Gasteiger partial charge in [-0.2, -0.15) is 0 Å². The Bertz CT molecular complexity index is 634. The molecule has 108 valence electrons. The Morgan fingerprint density at radius 3 is 2.85 bits per heavy atom. The smallest absolute Gasteiger partial charge is 0.0974 e. The van der Waals surface area contributed by atoms with Gasteiger partial charge >= 0.3 is 0 Å². The van der Waals surface area contributed by atoms with Crippen LogP contribution in [0.15, 0.2) is 18.2 Å². The molecule has 1 aliphatic carbocycles. The van der Waals surface area contributed by atoms with Crippen molar-refractivity contribution >= 4 is 33.2 Å². The number of nitrogens with two attached hydrogens (primary N) is 1. The number of aromatic nitrogens is 1. The summed E-state index contributed by atoms with van der Waals surface area (Å²) >= 11 is 7.86. The molecule has 0 spiro atoms. The number of fused-ring (bicyclic) bond motifs is 1. The van der Waals surface area contributed by atoms with Crippen LogP contribution in [0.3, 0.4) is 0 Å². The van der Waals surface area contributed by atoms with Crippen molar-refractivity contribution in [3.8, 4) is 0 Å². The number of halogens is 1. The number of hydrogen-bond donors (Lipinski definition) is 1. The lowest BCUT2D eigenvalue weighted by Crippen LogP contribution is -2.45. The maximum atomic E-state index is 6.25. The summed E-state index contributed by atoms with van der Waals surface area (Å²) in [5.74, 6) is 1.00. The monoisotopic (exact) mass is 308 g/mol. The second kappa shape index (κ2) is 4.97. The second-order valence-corrected chi connectivity index (χ2v) is 8.07. The summed E-state index contributed by atoms with van der Waals surface area (Å²) in [5, 5.41) is 2.03. The Hall–Kier alpha value is -0.640. The summed E-state index contributed by atoms with van der Waals surface area (Å²) in [4.78, 5) is 4.85. The highest BCUT2D eigenvalue weighted by Gasteiger charge is 2.43. The quantitative estimate of drug-likeness (QED) is 0.820. The molecule has 0 bridgehead atoms. The first-order chi connectivity index (χ1) is 9.39. The second-order valence-electron chi connectivity index (χ2n) is 6.57. The number of thiazole rings is 1. The molecule has 3 unspecified atom stereocenters. The van der Waals surface area contributed by atoms with E-state index in [4.69, 9.17) is 22.3 Å². The van der Waals surface area contributed by atoms with Crippen molar-refractivity contribution in [3.63, 3.8) is 0 Å². The first-order valence-corrected chi connectivity index (χ1v) is 8.40. The molecule has 1 aromatic heterocycles. The van der Waals surface area contributed by atoms with E-state index in [1.54, 1.807) is 11.3 Å². The number of benzene rings is 1. The molecule has 20 heavy (non-hydrogen) atoms. The minimum atomic E-state index is 0.190. The molecule has 2 N–H and O–H groups in total. The van der Waals surface area contributed by atoms with E-state index in [1.165, 1.54) is 9.71 Å². The first-order valence-electron chi connectivity index (χ1n) is 7.21. The fourth-order valence-electron chi connectivity index (χ4n) is 3.36. The Morgan fingerprint density at radius 2 is 2.10 bits per heavy atom. The molecular formula is C16H21ClN2S. The van der Waals surface area contributed by atoms with Gasteiger partial charge in [0, 0.05) is 17.0 Å². The Labute approximate surface area is 129 Å². The predicted molar refractivity (Wildman–Crippen MR) is 87.5 cm³/mol. The van der Waals surface area contributed by atoms with Gasteiger partial charge in [-0.3, -0.25) is 0 Å². The highest BCUT2D eigenvalue weighted by molar-refractivity contribution is 7.18. The van der Waals surface area contributed by atoms with Gasteiger partial charge in [-0.25, -0.2) is 4.98 Å². The Kier molecular flexibility index (Phi) is 3.56. The van der Waals surface area contributed by atoms with Crippen molar-refractivity contribution in [1.82, 2.24) is 4.98 Å². The molecule has 0 saturated heterocycles. The van der Waals surface area contributed by atoms with Crippen LogP contribution in [0, 0.1) is 11.3 Å². The van der Waals surface area contributed by atoms with Crippen LogP contribution in [0.4, 0.5) is 0 Å². The molecule has 1 aromatic carbocycles. The highest BCUT2D eigenvalue weighted by atomic mass is 35.5. The van der Waals surface area contributed by atoms with Crippen LogP contribution in [-0.2, 0) is 0 Å². The van der Waals surface area contributed by atoms with Crippen molar-refractivity contribution in [1.29, 1.82) is 0 Å². The van der Waals surface area contributed by atoms with E-state index in [0.29, 0.717) is 17.9 Å². The molecule has 4 heteroatoms. The standard InChI is InChI=1S/C16H21ClN2S/c1-9-12(18)6-5-11(16(9,2)3)15-19-13-7-4-10(17)8-14(13)20-15/h4,7-9,11-12H,5-6,18H2,1-3H3. The zero-order valence-electron chi connectivity index (χ0n) is 12.2. The number of hydrogen-bond acceptors (Lipinski definition) is 3. The predicted octanol–water partition coefficient (Wildman–Crippen LogP) is 4.82. The molecule has 1 fully saturated rings. The lowest BCUT2D eigenvalue weighted by atomic mass is 9.61. The highest BCUT2D eigenvalue weighted by Crippen LogP contribution is 2.51. The summed E-state index contributed by atoms with van der Waals surface area (Å²) in [6.45, 7) is 6.95. The van der Waals surface area contributed by atoms with Crippen LogP contribution in [0.1, 0.15) is 44.5 Å².